The van der Waals surface area contributed by atoms with E-state index in [0.29, 0.717) is 82.2 Å². The number of methoxy groups -OCH3 is 2. The van der Waals surface area contributed by atoms with Crippen molar-refractivity contribution in [2.24, 2.45) is 5.73 Å². The van der Waals surface area contributed by atoms with Crippen LogP contribution in [0.5, 0.6) is 40.2 Å². The number of carbonyl (C=O) groups excluding carboxylic acids is 4. The summed E-state index contributed by atoms with van der Waals surface area (Å²) in [5.74, 6) is 0.848. The minimum absolute atomic E-state index is 0.00245. The molecule has 2 saturated heterocycles. The van der Waals surface area contributed by atoms with Crippen LogP contribution in [-0.2, 0) is 69.3 Å². The van der Waals surface area contributed by atoms with Gasteiger partial charge in [0.1, 0.15) is 38.1 Å². The highest BCUT2D eigenvalue weighted by Crippen LogP contribution is 2.64. The van der Waals surface area contributed by atoms with Crippen LogP contribution in [0.2, 0.25) is 0 Å². The number of piperazine rings is 1. The first-order chi connectivity index (χ1) is 38.8. The summed E-state index contributed by atoms with van der Waals surface area (Å²) in [4.78, 5) is 74.8. The molecule has 7 heterocycles. The van der Waals surface area contributed by atoms with Crippen LogP contribution < -0.4 is 44.8 Å². The second-order valence-electron chi connectivity index (χ2n) is 20.4. The number of fused-ring (bicyclic) bond motifs is 9. The lowest BCUT2D eigenvalue weighted by molar-refractivity contribution is -0.186. The highest BCUT2D eigenvalue weighted by atomic mass is 33.1. The molecule has 0 aliphatic carbocycles. The van der Waals surface area contributed by atoms with Crippen molar-refractivity contribution in [3.8, 4) is 40.2 Å². The number of amides is 1. The molecule has 0 saturated carbocycles. The second-order valence-corrected chi connectivity index (χ2v) is 25.2. The Morgan fingerprint density at radius 2 is 1.83 bits per heavy atom. The summed E-state index contributed by atoms with van der Waals surface area (Å²) >= 11 is 1.44. The second kappa shape index (κ2) is 24.1. The number of thioether (sulfide) groups is 1. The number of aromatic hydroxyl groups is 1. The number of hydrogen-bond donors (Lipinski definition) is 7. The van der Waals surface area contributed by atoms with E-state index >= 15 is 4.79 Å². The van der Waals surface area contributed by atoms with E-state index < -0.39 is 72.9 Å². The number of phenolic OH excluding ortho intramolecular Hbond substituents is 1. The first-order valence-corrected chi connectivity index (χ1v) is 31.0. The monoisotopic (exact) mass is 1200 g/mol. The number of aliphatic hydroxyl groups excluding tert-OH is 1. The van der Waals surface area contributed by atoms with Crippen molar-refractivity contribution in [1.82, 2.24) is 20.4 Å². The Morgan fingerprint density at radius 1 is 1.04 bits per heavy atom. The van der Waals surface area contributed by atoms with Gasteiger partial charge in [0.25, 0.3) is 0 Å². The number of phosphoric ester groups is 1. The van der Waals surface area contributed by atoms with Gasteiger partial charge in [-0.15, -0.1) is 11.8 Å². The topological polar surface area (TPSA) is 306 Å². The van der Waals surface area contributed by atoms with Gasteiger partial charge in [-0.05, 0) is 91.4 Å². The molecule has 81 heavy (non-hydrogen) atoms. The lowest BCUT2D eigenvalue weighted by atomic mass is 9.73. The Labute approximate surface area is 479 Å². The third-order valence-corrected chi connectivity index (χ3v) is 20.1. The van der Waals surface area contributed by atoms with Crippen molar-refractivity contribution >= 4 is 65.3 Å². The van der Waals surface area contributed by atoms with E-state index in [1.165, 1.54) is 54.5 Å². The average molecular weight is 1200 g/mol. The molecule has 0 radical (unpaired) electrons. The van der Waals surface area contributed by atoms with Gasteiger partial charge in [0.2, 0.25) is 12.7 Å². The number of nitrogens with one attached hydrogen (secondary N) is 2. The quantitative estimate of drug-likeness (QED) is 0.0172. The Bertz CT molecular complexity index is 3190. The molecule has 8 unspecified atom stereocenters. The molecule has 436 valence electrons. The predicted octanol–water partition coefficient (Wildman–Crippen LogP) is 4.30. The lowest BCUT2D eigenvalue weighted by Gasteiger charge is -2.62. The molecular formula is C54H64N5O18PS3. The van der Waals surface area contributed by atoms with Crippen LogP contribution in [-0.4, -0.2) is 151 Å². The van der Waals surface area contributed by atoms with Gasteiger partial charge in [0, 0.05) is 64.7 Å². The van der Waals surface area contributed by atoms with Gasteiger partial charge in [-0.2, -0.15) is 0 Å². The fraction of sp³-hybridized carbons (Fsp3) is 0.481. The largest absolute Gasteiger partial charge is 0.504 e. The van der Waals surface area contributed by atoms with E-state index in [1.807, 2.05) is 56.1 Å². The van der Waals surface area contributed by atoms with Gasteiger partial charge in [-0.1, -0.05) is 33.7 Å². The normalized spacial score (nSPS) is 24.0. The Kier molecular flexibility index (Phi) is 17.5. The molecule has 4 aromatic rings. The molecule has 7 aliphatic rings. The van der Waals surface area contributed by atoms with Crippen LogP contribution in [0.25, 0.3) is 0 Å². The predicted molar refractivity (Wildman–Crippen MR) is 297 cm³/mol. The van der Waals surface area contributed by atoms with E-state index in [4.69, 9.17) is 53.4 Å². The summed E-state index contributed by atoms with van der Waals surface area (Å²) in [6.07, 6.45) is 0.463. The zero-order valence-corrected chi connectivity index (χ0v) is 48.6. The molecule has 7 aliphatic heterocycles. The van der Waals surface area contributed by atoms with E-state index in [0.717, 1.165) is 32.7 Å². The Morgan fingerprint density at radius 3 is 2.57 bits per heavy atom. The number of benzene rings is 4. The summed E-state index contributed by atoms with van der Waals surface area (Å²) < 4.78 is 64.4. The van der Waals surface area contributed by atoms with Gasteiger partial charge in [-0.25, -0.2) is 9.36 Å². The van der Waals surface area contributed by atoms with Crippen LogP contribution in [0.1, 0.15) is 79.9 Å². The van der Waals surface area contributed by atoms with Crippen molar-refractivity contribution < 1.29 is 86.2 Å². The fourth-order valence-corrected chi connectivity index (χ4v) is 16.5. The fourth-order valence-electron chi connectivity index (χ4n) is 12.1. The molecular weight excluding hydrogens is 1130 g/mol. The van der Waals surface area contributed by atoms with Crippen molar-refractivity contribution in [2.45, 2.75) is 98.9 Å². The highest BCUT2D eigenvalue weighted by Gasteiger charge is 2.61. The summed E-state index contributed by atoms with van der Waals surface area (Å²) in [7, 11) is 2.97. The number of esters is 2. The maximum atomic E-state index is 15.3. The van der Waals surface area contributed by atoms with Crippen molar-refractivity contribution in [3.63, 3.8) is 0 Å². The Hall–Kier alpha value is -5.32. The zero-order chi connectivity index (χ0) is 57.7. The number of carbonyl (C=O) groups is 4. The van der Waals surface area contributed by atoms with Crippen LogP contribution in [0, 0.1) is 13.8 Å². The summed E-state index contributed by atoms with van der Waals surface area (Å²) in [5.41, 5.74) is 11.6. The van der Waals surface area contributed by atoms with E-state index in [1.54, 1.807) is 6.07 Å². The molecule has 27 heteroatoms. The van der Waals surface area contributed by atoms with Crippen LogP contribution in [0.4, 0.5) is 0 Å². The number of phenols is 1. The Balaban J connectivity index is 0.966. The third kappa shape index (κ3) is 11.2. The smallest absolute Gasteiger partial charge is 0.469 e. The maximum Gasteiger partial charge on any atom is 0.469 e. The highest BCUT2D eigenvalue weighted by molar-refractivity contribution is 8.76. The number of rotatable bonds is 19. The average Bonchev–Trinajstić information content (AvgIpc) is 4.06. The van der Waals surface area contributed by atoms with Gasteiger partial charge in [0.15, 0.2) is 40.0 Å². The number of aliphatic hydroxyl groups is 1. The van der Waals surface area contributed by atoms with Crippen LogP contribution in [0.15, 0.2) is 41.3 Å². The first-order valence-electron chi connectivity index (χ1n) is 26.1. The summed E-state index contributed by atoms with van der Waals surface area (Å²) in [6, 6.07) is 7.89. The number of phosphoric acid groups is 1. The summed E-state index contributed by atoms with van der Waals surface area (Å²) in [6.45, 7) is 4.56. The van der Waals surface area contributed by atoms with Gasteiger partial charge in [0.05, 0.1) is 56.9 Å². The first kappa shape index (κ1) is 58.9. The number of nitrogens with two attached hydrogens (primary N) is 1. The molecule has 23 nitrogen and oxygen atoms in total. The molecule has 8 atom stereocenters. The molecule has 11 rings (SSSR count). The lowest BCUT2D eigenvalue weighted by Crippen LogP contribution is -2.70. The minimum atomic E-state index is -4.67. The van der Waals surface area contributed by atoms with E-state index in [-0.39, 0.29) is 69.4 Å². The molecule has 0 aromatic heterocycles. The number of aldehydes is 1. The number of hydrogen-bond acceptors (Lipinski definition) is 23. The molecule has 4 bridgehead atoms. The number of ether oxygens (including phenoxy) is 8. The van der Waals surface area contributed by atoms with E-state index in [9.17, 15) is 29.2 Å². The SMILES string of the molecule is COc1cc2c(cc1OCc1ccc(SSCC(N)C(=O)NCCOP(=O)(O)O)c(COCC=O)c1)CCNC21CSC2c3c(OC(C)=O)c(C)c4c(c3C(COC1=O)N1C(O)C3Cc5cc(C)c(OC)c(O)c5C(C21)N3C)OCO4. The van der Waals surface area contributed by atoms with E-state index in [2.05, 4.69) is 20.1 Å². The number of likely N-dealkylation sites (N-methyl/N-ethyl adjacent to an activating group) is 1. The van der Waals surface area contributed by atoms with Gasteiger partial charge in [-0.3, -0.25) is 29.2 Å². The zero-order valence-electron chi connectivity index (χ0n) is 45.2. The van der Waals surface area contributed by atoms with Crippen LogP contribution in [0.3, 0.4) is 0 Å². The van der Waals surface area contributed by atoms with Gasteiger partial charge >= 0.3 is 19.8 Å². The van der Waals surface area contributed by atoms with Crippen molar-refractivity contribution in [2.75, 3.05) is 72.5 Å². The van der Waals surface area contributed by atoms with Crippen molar-refractivity contribution in [3.05, 3.63) is 92.0 Å². The molecule has 1 amide bonds. The third-order valence-electron chi connectivity index (χ3n) is 15.6. The van der Waals surface area contributed by atoms with Gasteiger partial charge < -0.3 is 73.7 Å². The number of aryl methyl sites for hydroxylation is 1. The minimum Gasteiger partial charge on any atom is -0.504 e. The summed E-state index contributed by atoms with van der Waals surface area (Å²) in [5, 5.41) is 30.4. The van der Waals surface area contributed by atoms with Crippen molar-refractivity contribution in [1.29, 1.82) is 0 Å². The molecule has 1 spiro atoms. The molecule has 8 N–H and O–H groups in total. The molecule has 4 aromatic carbocycles. The molecule has 2 fully saturated rings. The maximum absolute atomic E-state index is 15.3. The number of nitrogens with zero attached hydrogens (tertiary/aromatic N) is 2. The standard InChI is InChI=1S/C54H64N5O18PS3/c1-26-15-31-17-35-52(64)59-36-22-73-53(65)54(24-79-50(44(59)43(58(35)4)40(31)45(62)46(26)70-6)42-41(36)49-48(74-25-75-49)27(2)47(42)77-28(3)61)33-19-37(69-5)38(18-30(33)9-10-57-54)72-20-29-7-8-39(32(16-29)21-71-14-12-60)81-80-23-34(55)51(63)56-11-13-76-78(66,67)68/h7-8,12,15-16,18-19,34-36,43-44,50,52,57,62,64H,9-11,13-14,17,20-25,55H2,1-6H3,(H,56,63)(H2,66,67,68). The van der Waals surface area contributed by atoms with Crippen LogP contribution >= 0.6 is 41.2 Å².